The molecule has 0 amide bonds. The number of rotatable bonds is 3. The lowest BCUT2D eigenvalue weighted by molar-refractivity contribution is 0.363. The summed E-state index contributed by atoms with van der Waals surface area (Å²) >= 11 is 1.83. The zero-order valence-corrected chi connectivity index (χ0v) is 14.5. The molecule has 0 saturated carbocycles. The van der Waals surface area contributed by atoms with Crippen molar-refractivity contribution >= 4 is 26.7 Å². The summed E-state index contributed by atoms with van der Waals surface area (Å²) in [5.41, 5.74) is 2.43. The van der Waals surface area contributed by atoms with E-state index in [9.17, 15) is 0 Å². The highest BCUT2D eigenvalue weighted by Crippen LogP contribution is 2.32. The first kappa shape index (κ1) is 14.7. The van der Waals surface area contributed by atoms with Gasteiger partial charge in [0.05, 0.1) is 10.2 Å². The van der Waals surface area contributed by atoms with Crippen molar-refractivity contribution in [2.75, 3.05) is 18.0 Å². The number of aromatic nitrogens is 3. The molecule has 2 aromatic heterocycles. The summed E-state index contributed by atoms with van der Waals surface area (Å²) in [6, 6.07) is 6.53. The molecule has 0 N–H and O–H groups in total. The molecule has 3 aromatic rings. The van der Waals surface area contributed by atoms with E-state index in [1.54, 1.807) is 0 Å². The van der Waals surface area contributed by atoms with Crippen LogP contribution in [-0.2, 0) is 6.54 Å². The Morgan fingerprint density at radius 2 is 2.22 bits per heavy atom. The molecule has 1 aliphatic rings. The number of hydrogen-bond donors (Lipinski definition) is 0. The van der Waals surface area contributed by atoms with Crippen LogP contribution in [0.3, 0.4) is 0 Å². The smallest absolute Gasteiger partial charge is 0.186 e. The van der Waals surface area contributed by atoms with Gasteiger partial charge in [-0.2, -0.15) is 0 Å². The third kappa shape index (κ3) is 2.98. The SMILES string of the molecule is Cc1ccc2nc(N3CCC[C@@H](Cn4ccnc4C)C3)sc2c1. The maximum Gasteiger partial charge on any atom is 0.186 e. The van der Waals surface area contributed by atoms with Gasteiger partial charge >= 0.3 is 0 Å². The maximum absolute atomic E-state index is 4.85. The molecule has 0 radical (unpaired) electrons. The molecule has 0 spiro atoms. The summed E-state index contributed by atoms with van der Waals surface area (Å²) < 4.78 is 3.57. The summed E-state index contributed by atoms with van der Waals surface area (Å²) in [4.78, 5) is 11.7. The molecule has 1 fully saturated rings. The van der Waals surface area contributed by atoms with Gasteiger partial charge in [0.1, 0.15) is 5.82 Å². The maximum atomic E-state index is 4.85. The average molecular weight is 326 g/mol. The molecule has 0 bridgehead atoms. The van der Waals surface area contributed by atoms with Crippen LogP contribution in [0.4, 0.5) is 5.13 Å². The fourth-order valence-electron chi connectivity index (χ4n) is 3.42. The van der Waals surface area contributed by atoms with Crippen molar-refractivity contribution in [3.8, 4) is 0 Å². The second-order valence-electron chi connectivity index (χ2n) is 6.55. The van der Waals surface area contributed by atoms with E-state index in [0.29, 0.717) is 5.92 Å². The van der Waals surface area contributed by atoms with Gasteiger partial charge in [-0.15, -0.1) is 0 Å². The van der Waals surface area contributed by atoms with Crippen molar-refractivity contribution < 1.29 is 0 Å². The molecule has 1 aromatic carbocycles. The first-order chi connectivity index (χ1) is 11.2. The fraction of sp³-hybridized carbons (Fsp3) is 0.444. The Bertz CT molecular complexity index is 819. The molecule has 5 heteroatoms. The Hall–Kier alpha value is -1.88. The molecular weight excluding hydrogens is 304 g/mol. The van der Waals surface area contributed by atoms with Crippen LogP contribution in [-0.4, -0.2) is 27.6 Å². The Morgan fingerprint density at radius 3 is 3.04 bits per heavy atom. The lowest BCUT2D eigenvalue weighted by Gasteiger charge is -2.32. The number of benzene rings is 1. The molecular formula is C18H22N4S. The van der Waals surface area contributed by atoms with Gasteiger partial charge in [0.15, 0.2) is 5.13 Å². The molecule has 23 heavy (non-hydrogen) atoms. The van der Waals surface area contributed by atoms with Crippen molar-refractivity contribution in [3.05, 3.63) is 42.0 Å². The van der Waals surface area contributed by atoms with Crippen molar-refractivity contribution in [1.29, 1.82) is 0 Å². The second-order valence-corrected chi connectivity index (χ2v) is 7.56. The summed E-state index contributed by atoms with van der Waals surface area (Å²) in [6.07, 6.45) is 6.52. The van der Waals surface area contributed by atoms with Crippen LogP contribution < -0.4 is 4.90 Å². The summed E-state index contributed by atoms with van der Waals surface area (Å²) in [5, 5.41) is 1.18. The molecule has 3 heterocycles. The minimum Gasteiger partial charge on any atom is -0.348 e. The zero-order valence-electron chi connectivity index (χ0n) is 13.7. The van der Waals surface area contributed by atoms with Crippen molar-refractivity contribution in [1.82, 2.24) is 14.5 Å². The highest BCUT2D eigenvalue weighted by atomic mass is 32.1. The number of hydrogen-bond acceptors (Lipinski definition) is 4. The van der Waals surface area contributed by atoms with E-state index in [0.717, 1.165) is 31.0 Å². The molecule has 120 valence electrons. The predicted octanol–water partition coefficient (Wildman–Crippen LogP) is 4.03. The molecule has 1 aliphatic heterocycles. The Kier molecular flexibility index (Phi) is 3.81. The minimum atomic E-state index is 0.672. The van der Waals surface area contributed by atoms with E-state index in [4.69, 9.17) is 4.98 Å². The Morgan fingerprint density at radius 1 is 1.30 bits per heavy atom. The number of aryl methyl sites for hydroxylation is 2. The highest BCUT2D eigenvalue weighted by Gasteiger charge is 2.23. The van der Waals surface area contributed by atoms with Gasteiger partial charge in [-0.1, -0.05) is 17.4 Å². The van der Waals surface area contributed by atoms with E-state index in [2.05, 4.69) is 52.7 Å². The predicted molar refractivity (Wildman–Crippen MR) is 96.3 cm³/mol. The quantitative estimate of drug-likeness (QED) is 0.729. The van der Waals surface area contributed by atoms with Crippen molar-refractivity contribution in [2.45, 2.75) is 33.2 Å². The highest BCUT2D eigenvalue weighted by molar-refractivity contribution is 7.22. The van der Waals surface area contributed by atoms with Gasteiger partial charge in [0.25, 0.3) is 0 Å². The Balaban J connectivity index is 1.52. The van der Waals surface area contributed by atoms with Crippen molar-refractivity contribution in [2.24, 2.45) is 5.92 Å². The van der Waals surface area contributed by atoms with Gasteiger partial charge in [-0.25, -0.2) is 9.97 Å². The molecule has 1 atom stereocenters. The van der Waals surface area contributed by atoms with Crippen LogP contribution in [0.2, 0.25) is 0 Å². The normalized spacial score (nSPS) is 18.7. The number of imidazole rings is 1. The van der Waals surface area contributed by atoms with Gasteiger partial charge in [-0.05, 0) is 50.3 Å². The van der Waals surface area contributed by atoms with Crippen LogP contribution in [0.1, 0.15) is 24.2 Å². The summed E-state index contributed by atoms with van der Waals surface area (Å²) in [7, 11) is 0. The number of anilines is 1. The van der Waals surface area contributed by atoms with Crippen LogP contribution in [0.25, 0.3) is 10.2 Å². The average Bonchev–Trinajstić information content (AvgIpc) is 3.14. The lowest BCUT2D eigenvalue weighted by atomic mass is 9.98. The number of piperidine rings is 1. The minimum absolute atomic E-state index is 0.672. The third-order valence-electron chi connectivity index (χ3n) is 4.70. The molecule has 4 rings (SSSR count). The van der Waals surface area contributed by atoms with E-state index < -0.39 is 0 Å². The van der Waals surface area contributed by atoms with Crippen LogP contribution in [0.5, 0.6) is 0 Å². The van der Waals surface area contributed by atoms with Crippen LogP contribution in [0, 0.1) is 19.8 Å². The second kappa shape index (κ2) is 5.96. The van der Waals surface area contributed by atoms with Gasteiger partial charge in [0.2, 0.25) is 0 Å². The van der Waals surface area contributed by atoms with Crippen LogP contribution in [0.15, 0.2) is 30.6 Å². The van der Waals surface area contributed by atoms with E-state index in [1.807, 2.05) is 17.5 Å². The monoisotopic (exact) mass is 326 g/mol. The lowest BCUT2D eigenvalue weighted by Crippen LogP contribution is -2.37. The van der Waals surface area contributed by atoms with E-state index in [-0.39, 0.29) is 0 Å². The molecule has 4 nitrogen and oxygen atoms in total. The summed E-state index contributed by atoms with van der Waals surface area (Å²) in [6.45, 7) is 7.50. The number of thiazole rings is 1. The number of fused-ring (bicyclic) bond motifs is 1. The van der Waals surface area contributed by atoms with E-state index in [1.165, 1.54) is 28.2 Å². The first-order valence-electron chi connectivity index (χ1n) is 8.29. The topological polar surface area (TPSA) is 34.0 Å². The summed E-state index contributed by atoms with van der Waals surface area (Å²) in [5.74, 6) is 1.78. The van der Waals surface area contributed by atoms with Gasteiger partial charge < -0.3 is 9.47 Å². The largest absolute Gasteiger partial charge is 0.348 e. The standard InChI is InChI=1S/C18H22N4S/c1-13-5-6-16-17(10-13)23-18(20-16)22-8-3-4-15(12-22)11-21-9-7-19-14(21)2/h5-7,9-10,15H,3-4,8,11-12H2,1-2H3/t15-/m0/s1. The number of nitrogens with zero attached hydrogens (tertiary/aromatic N) is 4. The first-order valence-corrected chi connectivity index (χ1v) is 9.10. The fourth-order valence-corrected chi connectivity index (χ4v) is 4.52. The molecule has 0 unspecified atom stereocenters. The zero-order chi connectivity index (χ0) is 15.8. The van der Waals surface area contributed by atoms with E-state index >= 15 is 0 Å². The van der Waals surface area contributed by atoms with Crippen LogP contribution >= 0.6 is 11.3 Å². The van der Waals surface area contributed by atoms with Crippen molar-refractivity contribution in [3.63, 3.8) is 0 Å². The molecule has 1 saturated heterocycles. The van der Waals surface area contributed by atoms with Gasteiger partial charge in [-0.3, -0.25) is 0 Å². The third-order valence-corrected chi connectivity index (χ3v) is 5.78. The van der Waals surface area contributed by atoms with Gasteiger partial charge in [0, 0.05) is 32.0 Å². The Labute approximate surface area is 140 Å². The molecule has 0 aliphatic carbocycles.